The van der Waals surface area contributed by atoms with Crippen molar-refractivity contribution in [3.63, 3.8) is 0 Å². The standard InChI is InChI=1S/C16H27N3O/c1-16(2)7-3-9-18(12-8-16)10-4-11-19-13-14(17)5-6-15(19)20/h5-6,13H,3-4,7-12,17H2,1-2H3. The van der Waals surface area contributed by atoms with Crippen LogP contribution in [0.15, 0.2) is 23.1 Å². The number of rotatable bonds is 4. The summed E-state index contributed by atoms with van der Waals surface area (Å²) in [5, 5.41) is 0. The Kier molecular flexibility index (Phi) is 4.86. The number of hydrogen-bond acceptors (Lipinski definition) is 3. The van der Waals surface area contributed by atoms with Crippen LogP contribution in [0, 0.1) is 5.41 Å². The van der Waals surface area contributed by atoms with E-state index in [0.717, 1.165) is 19.5 Å². The first-order chi connectivity index (χ1) is 9.46. The molecule has 0 saturated carbocycles. The maximum atomic E-state index is 11.7. The summed E-state index contributed by atoms with van der Waals surface area (Å²) in [5.74, 6) is 0. The Bertz CT molecular complexity index is 493. The third-order valence-corrected chi connectivity index (χ3v) is 4.31. The molecule has 20 heavy (non-hydrogen) atoms. The highest BCUT2D eigenvalue weighted by Crippen LogP contribution is 2.29. The predicted octanol–water partition coefficient (Wildman–Crippen LogP) is 2.33. The normalized spacial score (nSPS) is 19.7. The molecule has 0 bridgehead atoms. The van der Waals surface area contributed by atoms with Crippen molar-refractivity contribution in [1.82, 2.24) is 9.47 Å². The second-order valence-corrected chi connectivity index (χ2v) is 6.71. The summed E-state index contributed by atoms with van der Waals surface area (Å²) >= 11 is 0. The molecule has 112 valence electrons. The van der Waals surface area contributed by atoms with Crippen LogP contribution in [0.3, 0.4) is 0 Å². The number of pyridine rings is 1. The van der Waals surface area contributed by atoms with Gasteiger partial charge in [0.05, 0.1) is 0 Å². The lowest BCUT2D eigenvalue weighted by Gasteiger charge is -2.23. The summed E-state index contributed by atoms with van der Waals surface area (Å²) in [7, 11) is 0. The van der Waals surface area contributed by atoms with Crippen LogP contribution in [-0.4, -0.2) is 29.1 Å². The summed E-state index contributed by atoms with van der Waals surface area (Å²) in [6.07, 6.45) is 6.62. The van der Waals surface area contributed by atoms with Gasteiger partial charge >= 0.3 is 0 Å². The minimum absolute atomic E-state index is 0.0381. The second-order valence-electron chi connectivity index (χ2n) is 6.71. The number of anilines is 1. The highest BCUT2D eigenvalue weighted by Gasteiger charge is 2.22. The molecule has 2 heterocycles. The summed E-state index contributed by atoms with van der Waals surface area (Å²) < 4.78 is 1.72. The highest BCUT2D eigenvalue weighted by atomic mass is 16.1. The zero-order chi connectivity index (χ0) is 14.6. The number of aryl methyl sites for hydroxylation is 1. The molecule has 1 fully saturated rings. The van der Waals surface area contributed by atoms with E-state index in [1.165, 1.54) is 32.4 Å². The van der Waals surface area contributed by atoms with Crippen molar-refractivity contribution in [2.45, 2.75) is 46.1 Å². The van der Waals surface area contributed by atoms with Crippen LogP contribution in [0.25, 0.3) is 0 Å². The van der Waals surface area contributed by atoms with Gasteiger partial charge in [-0.15, -0.1) is 0 Å². The van der Waals surface area contributed by atoms with Crippen LogP contribution in [0.4, 0.5) is 5.69 Å². The topological polar surface area (TPSA) is 51.3 Å². The van der Waals surface area contributed by atoms with E-state index in [2.05, 4.69) is 18.7 Å². The summed E-state index contributed by atoms with van der Waals surface area (Å²) in [6, 6.07) is 3.21. The molecule has 1 aliphatic rings. The average Bonchev–Trinajstić information content (AvgIpc) is 2.55. The molecule has 0 unspecified atom stereocenters. The van der Waals surface area contributed by atoms with Crippen LogP contribution in [0.1, 0.15) is 39.5 Å². The number of aromatic nitrogens is 1. The first-order valence-corrected chi connectivity index (χ1v) is 7.65. The van der Waals surface area contributed by atoms with Crippen LogP contribution in [-0.2, 0) is 6.54 Å². The van der Waals surface area contributed by atoms with Crippen molar-refractivity contribution >= 4 is 5.69 Å². The Hall–Kier alpha value is -1.29. The minimum atomic E-state index is 0.0381. The number of hydrogen-bond donors (Lipinski definition) is 1. The van der Waals surface area contributed by atoms with Crippen molar-refractivity contribution in [2.75, 3.05) is 25.4 Å². The molecule has 2 N–H and O–H groups in total. The lowest BCUT2D eigenvalue weighted by atomic mass is 9.85. The Morgan fingerprint density at radius 1 is 1.20 bits per heavy atom. The fourth-order valence-electron chi connectivity index (χ4n) is 2.89. The Morgan fingerprint density at radius 3 is 2.80 bits per heavy atom. The number of nitrogen functional groups attached to an aromatic ring is 1. The van der Waals surface area contributed by atoms with Gasteiger partial charge in [-0.2, -0.15) is 0 Å². The maximum Gasteiger partial charge on any atom is 0.250 e. The Morgan fingerprint density at radius 2 is 2.00 bits per heavy atom. The summed E-state index contributed by atoms with van der Waals surface area (Å²) in [5.41, 5.74) is 6.90. The largest absolute Gasteiger partial charge is 0.398 e. The lowest BCUT2D eigenvalue weighted by Crippen LogP contribution is -2.28. The molecule has 1 aromatic rings. The van der Waals surface area contributed by atoms with Crippen molar-refractivity contribution in [3.05, 3.63) is 28.7 Å². The van der Waals surface area contributed by atoms with Gasteiger partial charge in [-0.05, 0) is 56.8 Å². The van der Waals surface area contributed by atoms with E-state index in [0.29, 0.717) is 11.1 Å². The number of nitrogens with zero attached hydrogens (tertiary/aromatic N) is 2. The molecule has 4 nitrogen and oxygen atoms in total. The summed E-state index contributed by atoms with van der Waals surface area (Å²) in [6.45, 7) is 8.92. The SMILES string of the molecule is CC1(C)CCCN(CCCn2cc(N)ccc2=O)CC1. The van der Waals surface area contributed by atoms with Gasteiger partial charge in [0.1, 0.15) is 0 Å². The maximum absolute atomic E-state index is 11.7. The van der Waals surface area contributed by atoms with Crippen molar-refractivity contribution < 1.29 is 0 Å². The van der Waals surface area contributed by atoms with Gasteiger partial charge in [0, 0.05) is 24.5 Å². The van der Waals surface area contributed by atoms with E-state index >= 15 is 0 Å². The van der Waals surface area contributed by atoms with Gasteiger partial charge in [0.2, 0.25) is 0 Å². The van der Waals surface area contributed by atoms with E-state index in [1.54, 1.807) is 22.9 Å². The van der Waals surface area contributed by atoms with Crippen molar-refractivity contribution in [1.29, 1.82) is 0 Å². The van der Waals surface area contributed by atoms with Crippen molar-refractivity contribution in [2.24, 2.45) is 5.41 Å². The monoisotopic (exact) mass is 277 g/mol. The molecule has 0 amide bonds. The molecule has 2 rings (SSSR count). The molecule has 0 atom stereocenters. The van der Waals surface area contributed by atoms with Gasteiger partial charge in [0.25, 0.3) is 5.56 Å². The third kappa shape index (κ3) is 4.37. The molecule has 4 heteroatoms. The van der Waals surface area contributed by atoms with Crippen LogP contribution >= 0.6 is 0 Å². The van der Waals surface area contributed by atoms with E-state index in [1.807, 2.05) is 0 Å². The fourth-order valence-corrected chi connectivity index (χ4v) is 2.89. The van der Waals surface area contributed by atoms with Gasteiger partial charge in [-0.25, -0.2) is 0 Å². The molecular formula is C16H27N3O. The van der Waals surface area contributed by atoms with Crippen LogP contribution in [0.5, 0.6) is 0 Å². The molecule has 1 saturated heterocycles. The zero-order valence-corrected chi connectivity index (χ0v) is 12.8. The smallest absolute Gasteiger partial charge is 0.250 e. The van der Waals surface area contributed by atoms with Crippen LogP contribution < -0.4 is 11.3 Å². The van der Waals surface area contributed by atoms with E-state index in [-0.39, 0.29) is 5.56 Å². The van der Waals surface area contributed by atoms with E-state index in [9.17, 15) is 4.79 Å². The minimum Gasteiger partial charge on any atom is -0.398 e. The van der Waals surface area contributed by atoms with Crippen LogP contribution in [0.2, 0.25) is 0 Å². The highest BCUT2D eigenvalue weighted by molar-refractivity contribution is 5.33. The Balaban J connectivity index is 1.81. The van der Waals surface area contributed by atoms with Gasteiger partial charge in [-0.1, -0.05) is 13.8 Å². The second kappa shape index (κ2) is 6.44. The molecule has 0 radical (unpaired) electrons. The van der Waals surface area contributed by atoms with Crippen molar-refractivity contribution in [3.8, 4) is 0 Å². The van der Waals surface area contributed by atoms with Gasteiger partial charge in [-0.3, -0.25) is 4.79 Å². The molecule has 1 aromatic heterocycles. The van der Waals surface area contributed by atoms with Gasteiger partial charge in [0.15, 0.2) is 0 Å². The van der Waals surface area contributed by atoms with E-state index < -0.39 is 0 Å². The zero-order valence-electron chi connectivity index (χ0n) is 12.8. The molecule has 1 aliphatic heterocycles. The first kappa shape index (κ1) is 15.1. The molecule has 0 spiro atoms. The molecule has 0 aromatic carbocycles. The van der Waals surface area contributed by atoms with Gasteiger partial charge < -0.3 is 15.2 Å². The fraction of sp³-hybridized carbons (Fsp3) is 0.688. The lowest BCUT2D eigenvalue weighted by molar-refractivity contribution is 0.256. The predicted molar refractivity (Wildman–Crippen MR) is 83.8 cm³/mol. The molecule has 0 aliphatic carbocycles. The molecular weight excluding hydrogens is 250 g/mol. The Labute approximate surface area is 121 Å². The first-order valence-electron chi connectivity index (χ1n) is 7.65. The average molecular weight is 277 g/mol. The number of likely N-dealkylation sites (tertiary alicyclic amines) is 1. The third-order valence-electron chi connectivity index (χ3n) is 4.31. The quantitative estimate of drug-likeness (QED) is 0.919. The number of nitrogens with two attached hydrogens (primary N) is 1. The summed E-state index contributed by atoms with van der Waals surface area (Å²) in [4.78, 5) is 14.2. The van der Waals surface area contributed by atoms with E-state index in [4.69, 9.17) is 5.73 Å².